The van der Waals surface area contributed by atoms with Crippen molar-refractivity contribution in [3.63, 3.8) is 0 Å². The van der Waals surface area contributed by atoms with Crippen molar-refractivity contribution in [3.8, 4) is 0 Å². The fourth-order valence-corrected chi connectivity index (χ4v) is 4.10. The molecule has 1 aliphatic rings. The number of nitrogens with zero attached hydrogens (tertiary/aromatic N) is 4. The first-order chi connectivity index (χ1) is 13.1. The Balaban J connectivity index is 0.00000300. The van der Waals surface area contributed by atoms with Gasteiger partial charge in [0.1, 0.15) is 23.8 Å². The largest absolute Gasteiger partial charge is 0.476 e. The fourth-order valence-electron chi connectivity index (χ4n) is 2.54. The number of nitrogens with two attached hydrogens (primary N) is 1. The maximum absolute atomic E-state index is 10.7. The first-order valence-electron chi connectivity index (χ1n) is 7.53. The Morgan fingerprint density at radius 2 is 2.07 bits per heavy atom. The standard InChI is InChI=1S/C11H17N5O9P2S.B/c1-28-11-14-8(12)5-9(15-11)16(3-13-5)10-7(18)6(17)4(24-10)2-23-26(19)25-27(20,21)22;/h3-4,6-7,10,17-19H,2H2,1H3,(H2,12,14,15)(H2,20,21,22);/t4-,6-,7-,10-,26+;/m1./s1. The van der Waals surface area contributed by atoms with Crippen molar-refractivity contribution in [1.29, 1.82) is 0 Å². The highest BCUT2D eigenvalue weighted by molar-refractivity contribution is 7.98. The Labute approximate surface area is 171 Å². The number of hydrogen-bond donors (Lipinski definition) is 6. The number of nitrogen functional groups attached to an aromatic ring is 1. The summed E-state index contributed by atoms with van der Waals surface area (Å²) in [5, 5.41) is 20.9. The van der Waals surface area contributed by atoms with Gasteiger partial charge >= 0.3 is 16.4 Å². The summed E-state index contributed by atoms with van der Waals surface area (Å²) in [5.74, 6) is 0.140. The molecule has 29 heavy (non-hydrogen) atoms. The Bertz CT molecular complexity index is 903. The van der Waals surface area contributed by atoms with Crippen molar-refractivity contribution >= 4 is 53.6 Å². The number of hydrogen-bond acceptors (Lipinski definition) is 12. The molecule has 14 nitrogen and oxygen atoms in total. The summed E-state index contributed by atoms with van der Waals surface area (Å²) in [7, 11) is -7.85. The Morgan fingerprint density at radius 3 is 2.69 bits per heavy atom. The van der Waals surface area contributed by atoms with E-state index in [-0.39, 0.29) is 25.4 Å². The summed E-state index contributed by atoms with van der Waals surface area (Å²) < 4.78 is 26.3. The van der Waals surface area contributed by atoms with Gasteiger partial charge in [0.05, 0.1) is 12.9 Å². The predicted octanol–water partition coefficient (Wildman–Crippen LogP) is -1.29. The second-order valence-corrected chi connectivity index (χ2v) is 8.71. The van der Waals surface area contributed by atoms with Gasteiger partial charge in [-0.05, 0) is 6.26 Å². The lowest BCUT2D eigenvalue weighted by Crippen LogP contribution is -2.33. The van der Waals surface area contributed by atoms with Crippen LogP contribution in [-0.4, -0.2) is 84.0 Å². The van der Waals surface area contributed by atoms with E-state index in [2.05, 4.69) is 19.3 Å². The molecule has 0 bridgehead atoms. The molecule has 1 aliphatic heterocycles. The van der Waals surface area contributed by atoms with Gasteiger partial charge < -0.3 is 39.9 Å². The van der Waals surface area contributed by atoms with Crippen molar-refractivity contribution in [1.82, 2.24) is 19.5 Å². The number of rotatable bonds is 7. The molecule has 3 rings (SSSR count). The number of ether oxygens (including phenoxy) is 1. The van der Waals surface area contributed by atoms with Gasteiger partial charge in [-0.25, -0.2) is 23.8 Å². The topological polar surface area (TPSA) is 216 Å². The van der Waals surface area contributed by atoms with Crippen molar-refractivity contribution in [2.24, 2.45) is 0 Å². The molecule has 0 aromatic carbocycles. The third-order valence-corrected chi connectivity index (χ3v) is 6.07. The summed E-state index contributed by atoms with van der Waals surface area (Å²) in [6.07, 6.45) is -2.00. The molecule has 0 aliphatic carbocycles. The Hall–Kier alpha value is -0.895. The Kier molecular flexibility index (Phi) is 7.98. The molecular weight excluding hydrogens is 451 g/mol. The minimum atomic E-state index is -4.94. The van der Waals surface area contributed by atoms with Gasteiger partial charge in [-0.15, -0.1) is 0 Å². The van der Waals surface area contributed by atoms with Gasteiger partial charge in [0, 0.05) is 8.41 Å². The van der Waals surface area contributed by atoms with Crippen LogP contribution >= 0.6 is 28.2 Å². The van der Waals surface area contributed by atoms with Crippen LogP contribution in [0.2, 0.25) is 0 Å². The predicted molar refractivity (Wildman–Crippen MR) is 101 cm³/mol. The van der Waals surface area contributed by atoms with Crippen molar-refractivity contribution in [3.05, 3.63) is 6.33 Å². The highest BCUT2D eigenvalue weighted by Crippen LogP contribution is 2.52. The van der Waals surface area contributed by atoms with E-state index in [9.17, 15) is 19.7 Å². The van der Waals surface area contributed by atoms with E-state index in [1.54, 1.807) is 6.26 Å². The number of aliphatic hydroxyl groups excluding tert-OH is 2. The number of imidazole rings is 1. The average molecular weight is 468 g/mol. The van der Waals surface area contributed by atoms with Crippen LogP contribution in [0.5, 0.6) is 0 Å². The van der Waals surface area contributed by atoms with Crippen LogP contribution in [-0.2, 0) is 18.1 Å². The van der Waals surface area contributed by atoms with E-state index in [4.69, 9.17) is 24.8 Å². The highest BCUT2D eigenvalue weighted by atomic mass is 32.2. The summed E-state index contributed by atoms with van der Waals surface area (Å²) in [6.45, 7) is -0.503. The molecule has 0 spiro atoms. The molecule has 2 aromatic rings. The van der Waals surface area contributed by atoms with Gasteiger partial charge in [0.15, 0.2) is 22.8 Å². The van der Waals surface area contributed by atoms with Crippen LogP contribution < -0.4 is 5.73 Å². The number of fused-ring (bicyclic) bond motifs is 1. The molecule has 2 aromatic heterocycles. The van der Waals surface area contributed by atoms with Crippen LogP contribution in [0.1, 0.15) is 6.23 Å². The molecule has 0 unspecified atom stereocenters. The maximum atomic E-state index is 10.7. The molecule has 0 amide bonds. The van der Waals surface area contributed by atoms with Crippen molar-refractivity contribution in [2.45, 2.75) is 29.7 Å². The quantitative estimate of drug-likeness (QED) is 0.121. The molecule has 3 radical (unpaired) electrons. The number of aromatic nitrogens is 4. The normalized spacial score (nSPS) is 25.9. The number of anilines is 1. The van der Waals surface area contributed by atoms with Gasteiger partial charge in [0.25, 0.3) is 0 Å². The van der Waals surface area contributed by atoms with Crippen molar-refractivity contribution in [2.75, 3.05) is 18.6 Å². The molecule has 18 heteroatoms. The van der Waals surface area contributed by atoms with Gasteiger partial charge in [-0.2, -0.15) is 0 Å². The summed E-state index contributed by atoms with van der Waals surface area (Å²) in [6, 6.07) is 0. The number of aliphatic hydroxyl groups is 2. The lowest BCUT2D eigenvalue weighted by Gasteiger charge is -2.17. The number of phosphoric acid groups is 1. The minimum Gasteiger partial charge on any atom is -0.387 e. The summed E-state index contributed by atoms with van der Waals surface area (Å²) in [5.41, 5.74) is 6.42. The van der Waals surface area contributed by atoms with Crippen LogP contribution in [0.15, 0.2) is 11.5 Å². The Morgan fingerprint density at radius 1 is 1.38 bits per heavy atom. The monoisotopic (exact) mass is 468 g/mol. The van der Waals surface area contributed by atoms with E-state index in [0.29, 0.717) is 5.16 Å². The zero-order valence-electron chi connectivity index (χ0n) is 14.7. The maximum Gasteiger partial charge on any atom is 0.476 e. The third-order valence-electron chi connectivity index (χ3n) is 3.75. The second-order valence-electron chi connectivity index (χ2n) is 5.57. The lowest BCUT2D eigenvalue weighted by atomic mass is 10.1. The van der Waals surface area contributed by atoms with E-state index in [0.717, 1.165) is 0 Å². The molecule has 159 valence electrons. The minimum absolute atomic E-state index is 0. The zero-order valence-corrected chi connectivity index (χ0v) is 17.3. The van der Waals surface area contributed by atoms with E-state index in [1.807, 2.05) is 0 Å². The highest BCUT2D eigenvalue weighted by Gasteiger charge is 2.45. The molecule has 1 fully saturated rings. The SMILES string of the molecule is CSc1nc(N)c2ncn([C@@H]3O[C@H](CO[P@](O)OP(=O)(O)O)[C@@H](O)[C@H]3O)c2n1.[B]. The first-order valence-corrected chi connectivity index (χ1v) is 11.4. The smallest absolute Gasteiger partial charge is 0.387 e. The molecule has 1 saturated heterocycles. The zero-order chi connectivity index (χ0) is 20.6. The molecule has 5 atom stereocenters. The fraction of sp³-hybridized carbons (Fsp3) is 0.545. The van der Waals surface area contributed by atoms with E-state index >= 15 is 0 Å². The molecule has 3 heterocycles. The molecule has 0 saturated carbocycles. The summed E-state index contributed by atoms with van der Waals surface area (Å²) >= 11 is 1.25. The van der Waals surface area contributed by atoms with Gasteiger partial charge in [-0.3, -0.25) is 4.57 Å². The van der Waals surface area contributed by atoms with Crippen LogP contribution in [0.25, 0.3) is 11.2 Å². The lowest BCUT2D eigenvalue weighted by molar-refractivity contribution is -0.0485. The summed E-state index contributed by atoms with van der Waals surface area (Å²) in [4.78, 5) is 39.0. The molecular formula is C11H17BN5O9P2S. The van der Waals surface area contributed by atoms with E-state index < -0.39 is 47.6 Å². The van der Waals surface area contributed by atoms with Crippen LogP contribution in [0.3, 0.4) is 0 Å². The first kappa shape index (κ1) is 24.4. The van der Waals surface area contributed by atoms with E-state index in [1.165, 1.54) is 22.7 Å². The molecule has 7 N–H and O–H groups in total. The third kappa shape index (κ3) is 5.43. The second kappa shape index (κ2) is 9.50. The average Bonchev–Trinajstić information content (AvgIpc) is 3.14. The van der Waals surface area contributed by atoms with Crippen LogP contribution in [0.4, 0.5) is 5.82 Å². The van der Waals surface area contributed by atoms with Crippen LogP contribution in [0, 0.1) is 0 Å². The van der Waals surface area contributed by atoms with Crippen molar-refractivity contribution < 1.29 is 43.0 Å². The van der Waals surface area contributed by atoms with Gasteiger partial charge in [0.2, 0.25) is 0 Å². The van der Waals surface area contributed by atoms with Gasteiger partial charge in [-0.1, -0.05) is 11.8 Å². The number of thioether (sulfide) groups is 1.